The summed E-state index contributed by atoms with van der Waals surface area (Å²) < 4.78 is 0. The van der Waals surface area contributed by atoms with E-state index in [0.29, 0.717) is 22.2 Å². The van der Waals surface area contributed by atoms with Gasteiger partial charge in [0.05, 0.1) is 11.3 Å². The van der Waals surface area contributed by atoms with E-state index in [-0.39, 0.29) is 11.6 Å². The van der Waals surface area contributed by atoms with Crippen molar-refractivity contribution in [2.24, 2.45) is 5.92 Å². The van der Waals surface area contributed by atoms with Crippen LogP contribution in [0.3, 0.4) is 0 Å². The van der Waals surface area contributed by atoms with Gasteiger partial charge in [0, 0.05) is 11.1 Å². The Morgan fingerprint density at radius 2 is 2.23 bits per heavy atom. The molecule has 8 nitrogen and oxygen atoms in total. The predicted molar refractivity (Wildman–Crippen MR) is 100 cm³/mol. The highest BCUT2D eigenvalue weighted by molar-refractivity contribution is 8.00. The Balaban J connectivity index is 1.78. The first-order chi connectivity index (χ1) is 12.3. The maximum Gasteiger partial charge on any atom is 0.352 e. The summed E-state index contributed by atoms with van der Waals surface area (Å²) in [6.45, 7) is 3.86. The second kappa shape index (κ2) is 7.12. The van der Waals surface area contributed by atoms with Crippen LogP contribution in [0, 0.1) is 5.92 Å². The molecule has 2 aliphatic rings. The smallest absolute Gasteiger partial charge is 0.352 e. The fourth-order valence-corrected chi connectivity index (χ4v) is 4.54. The zero-order chi connectivity index (χ0) is 19.0. The molecule has 0 aromatic carbocycles. The van der Waals surface area contributed by atoms with Crippen molar-refractivity contribution in [2.45, 2.75) is 25.3 Å². The van der Waals surface area contributed by atoms with E-state index >= 15 is 0 Å². The molecule has 26 heavy (non-hydrogen) atoms. The molecule has 10 heteroatoms. The van der Waals surface area contributed by atoms with Crippen LogP contribution in [-0.2, 0) is 14.4 Å². The van der Waals surface area contributed by atoms with E-state index in [1.165, 1.54) is 34.1 Å². The van der Waals surface area contributed by atoms with Crippen LogP contribution >= 0.6 is 23.1 Å². The van der Waals surface area contributed by atoms with Crippen molar-refractivity contribution < 1.29 is 19.5 Å². The van der Waals surface area contributed by atoms with Gasteiger partial charge in [0.1, 0.15) is 17.1 Å². The molecule has 138 valence electrons. The number of anilines is 1. The number of carbonyl (C=O) groups is 3. The van der Waals surface area contributed by atoms with Crippen molar-refractivity contribution in [2.75, 3.05) is 11.5 Å². The molecule has 0 spiro atoms. The number of nitrogens with two attached hydrogens (primary N) is 1. The summed E-state index contributed by atoms with van der Waals surface area (Å²) in [5, 5.41) is 13.6. The number of fused-ring (bicyclic) bond motifs is 1. The summed E-state index contributed by atoms with van der Waals surface area (Å²) in [5.74, 6) is -1.43. The van der Waals surface area contributed by atoms with E-state index in [0.717, 1.165) is 0 Å². The van der Waals surface area contributed by atoms with Crippen molar-refractivity contribution in [3.05, 3.63) is 28.9 Å². The Morgan fingerprint density at radius 1 is 1.50 bits per heavy atom. The molecular formula is C16H18N4O4S2. The molecular weight excluding hydrogens is 376 g/mol. The van der Waals surface area contributed by atoms with Crippen LogP contribution in [0.25, 0.3) is 5.57 Å². The zero-order valence-corrected chi connectivity index (χ0v) is 15.8. The zero-order valence-electron chi connectivity index (χ0n) is 14.1. The van der Waals surface area contributed by atoms with Gasteiger partial charge in [-0.3, -0.25) is 14.5 Å². The number of carbonyl (C=O) groups excluding carboxylic acids is 2. The second-order valence-corrected chi connectivity index (χ2v) is 8.21. The van der Waals surface area contributed by atoms with Crippen LogP contribution in [0.5, 0.6) is 0 Å². The molecule has 3 rings (SSSR count). The lowest BCUT2D eigenvalue weighted by atomic mass is 10.0. The Kier molecular flexibility index (Phi) is 5.05. The van der Waals surface area contributed by atoms with E-state index in [9.17, 15) is 19.5 Å². The molecule has 3 heterocycles. The SMILES string of the molecule is CC(C)/C=C(\C(=O)N[C@@H]1C(=O)N2C(C(=O)O)=CCS[C@H]12)c1csc(N)n1. The number of nitrogen functional groups attached to an aromatic ring is 1. The molecule has 2 amide bonds. The van der Waals surface area contributed by atoms with Crippen LogP contribution in [0.1, 0.15) is 19.5 Å². The predicted octanol–water partition coefficient (Wildman–Crippen LogP) is 1.13. The average Bonchev–Trinajstić information content (AvgIpc) is 3.02. The number of thioether (sulfide) groups is 1. The average molecular weight is 394 g/mol. The lowest BCUT2D eigenvalue weighted by Crippen LogP contribution is -2.70. The van der Waals surface area contributed by atoms with Crippen LogP contribution in [0.4, 0.5) is 5.13 Å². The molecule has 1 fully saturated rings. The van der Waals surface area contributed by atoms with Crippen molar-refractivity contribution in [1.29, 1.82) is 0 Å². The molecule has 0 unspecified atom stereocenters. The highest BCUT2D eigenvalue weighted by Gasteiger charge is 2.52. The normalized spacial score (nSPS) is 22.6. The van der Waals surface area contributed by atoms with Gasteiger partial charge in [0.2, 0.25) is 0 Å². The Morgan fingerprint density at radius 3 is 2.81 bits per heavy atom. The van der Waals surface area contributed by atoms with Crippen LogP contribution in [-0.4, -0.2) is 49.9 Å². The number of hydrogen-bond acceptors (Lipinski definition) is 7. The number of aromatic nitrogens is 1. The fraction of sp³-hybridized carbons (Fsp3) is 0.375. The summed E-state index contributed by atoms with van der Waals surface area (Å²) in [4.78, 5) is 41.7. The number of carboxylic acid groups (broad SMARTS) is 1. The van der Waals surface area contributed by atoms with Crippen LogP contribution in [0.15, 0.2) is 23.2 Å². The summed E-state index contributed by atoms with van der Waals surface area (Å²) >= 11 is 2.64. The summed E-state index contributed by atoms with van der Waals surface area (Å²) in [6, 6.07) is -0.762. The standard InChI is InChI=1S/C16H18N4O4S2/c1-7(2)5-8(9-6-26-16(17)18-9)12(21)19-11-13(22)20-10(15(23)24)3-4-25-14(11)20/h3,5-7,11,14H,4H2,1-2H3,(H2,17,18)(H,19,21)(H,23,24)/b8-5-/t11-,14-/m1/s1. The van der Waals surface area contributed by atoms with Gasteiger partial charge in [-0.2, -0.15) is 0 Å². The lowest BCUT2D eigenvalue weighted by molar-refractivity contribution is -0.150. The third kappa shape index (κ3) is 3.34. The molecule has 2 aliphatic heterocycles. The number of thiazole rings is 1. The maximum atomic E-state index is 12.8. The first-order valence-electron chi connectivity index (χ1n) is 7.91. The molecule has 0 aliphatic carbocycles. The minimum absolute atomic E-state index is 0.0329. The Bertz CT molecular complexity index is 830. The summed E-state index contributed by atoms with van der Waals surface area (Å²) in [6.07, 6.45) is 3.27. The molecule has 1 aromatic heterocycles. The molecule has 0 radical (unpaired) electrons. The highest BCUT2D eigenvalue weighted by atomic mass is 32.2. The van der Waals surface area contributed by atoms with Crippen molar-refractivity contribution in [3.63, 3.8) is 0 Å². The van der Waals surface area contributed by atoms with E-state index in [2.05, 4.69) is 10.3 Å². The molecule has 1 aromatic rings. The van der Waals surface area contributed by atoms with Gasteiger partial charge in [-0.15, -0.1) is 23.1 Å². The Labute approximate surface area is 158 Å². The fourth-order valence-electron chi connectivity index (χ4n) is 2.78. The molecule has 0 bridgehead atoms. The number of carboxylic acids is 1. The van der Waals surface area contributed by atoms with Gasteiger partial charge < -0.3 is 16.2 Å². The number of nitrogens with zero attached hydrogens (tertiary/aromatic N) is 2. The minimum Gasteiger partial charge on any atom is -0.477 e. The number of amides is 2. The minimum atomic E-state index is -1.15. The van der Waals surface area contributed by atoms with Gasteiger partial charge in [0.15, 0.2) is 5.13 Å². The third-order valence-electron chi connectivity index (χ3n) is 3.89. The van der Waals surface area contributed by atoms with Crippen molar-refractivity contribution in [3.8, 4) is 0 Å². The molecule has 1 saturated heterocycles. The lowest BCUT2D eigenvalue weighted by Gasteiger charge is -2.48. The maximum absolute atomic E-state index is 12.8. The largest absolute Gasteiger partial charge is 0.477 e. The van der Waals surface area contributed by atoms with Gasteiger partial charge in [-0.05, 0) is 12.0 Å². The van der Waals surface area contributed by atoms with Gasteiger partial charge in [0.25, 0.3) is 11.8 Å². The topological polar surface area (TPSA) is 126 Å². The molecule has 0 saturated carbocycles. The number of β-lactam (4-membered cyclic amide) rings is 1. The number of aliphatic carboxylic acids is 1. The number of nitrogens with one attached hydrogen (secondary N) is 1. The molecule has 2 atom stereocenters. The third-order valence-corrected chi connectivity index (χ3v) is 5.75. The highest BCUT2D eigenvalue weighted by Crippen LogP contribution is 2.37. The van der Waals surface area contributed by atoms with Crippen molar-refractivity contribution >= 4 is 51.6 Å². The quantitative estimate of drug-likeness (QED) is 0.505. The van der Waals surface area contributed by atoms with Gasteiger partial charge in [-0.25, -0.2) is 9.78 Å². The van der Waals surface area contributed by atoms with Crippen molar-refractivity contribution in [1.82, 2.24) is 15.2 Å². The monoisotopic (exact) mass is 394 g/mol. The number of rotatable bonds is 5. The number of allylic oxidation sites excluding steroid dienone is 1. The van der Waals surface area contributed by atoms with E-state index in [4.69, 9.17) is 5.73 Å². The van der Waals surface area contributed by atoms with E-state index in [1.54, 1.807) is 11.5 Å². The van der Waals surface area contributed by atoms with E-state index < -0.39 is 29.2 Å². The first kappa shape index (κ1) is 18.5. The van der Waals surface area contributed by atoms with E-state index in [1.807, 2.05) is 13.8 Å². The number of hydrogen-bond donors (Lipinski definition) is 3. The summed E-state index contributed by atoms with van der Waals surface area (Å²) in [7, 11) is 0. The second-order valence-electron chi connectivity index (χ2n) is 6.17. The molecule has 4 N–H and O–H groups in total. The Hall–Kier alpha value is -2.33. The van der Waals surface area contributed by atoms with Gasteiger partial charge >= 0.3 is 5.97 Å². The summed E-state index contributed by atoms with van der Waals surface area (Å²) in [5.41, 5.74) is 6.45. The van der Waals surface area contributed by atoms with Crippen LogP contribution < -0.4 is 11.1 Å². The van der Waals surface area contributed by atoms with Crippen LogP contribution in [0.2, 0.25) is 0 Å². The first-order valence-corrected chi connectivity index (χ1v) is 9.84. The van der Waals surface area contributed by atoms with Gasteiger partial charge in [-0.1, -0.05) is 19.9 Å².